The number of hydrogen-bond acceptors (Lipinski definition) is 6. The van der Waals surface area contributed by atoms with E-state index in [4.69, 9.17) is 14.9 Å². The maximum atomic E-state index is 11.3. The molecular formula is C9H13NO7. The minimum absolute atomic E-state index is 0.270. The minimum Gasteiger partial charge on any atom is -0.480 e. The second-order valence-corrected chi connectivity index (χ2v) is 3.52. The van der Waals surface area contributed by atoms with Gasteiger partial charge in [-0.15, -0.1) is 0 Å². The zero-order valence-electron chi connectivity index (χ0n) is 8.92. The van der Waals surface area contributed by atoms with E-state index in [1.165, 1.54) is 0 Å². The first-order valence-electron chi connectivity index (χ1n) is 4.94. The number of hydrogen-bond donors (Lipinski definition) is 3. The average molecular weight is 247 g/mol. The number of carbonyl (C=O) groups excluding carboxylic acids is 1. The molecule has 0 saturated carbocycles. The van der Waals surface area contributed by atoms with E-state index in [0.717, 1.165) is 0 Å². The monoisotopic (exact) mass is 247 g/mol. The lowest BCUT2D eigenvalue weighted by Crippen LogP contribution is -2.33. The van der Waals surface area contributed by atoms with Crippen molar-refractivity contribution in [2.45, 2.75) is 18.6 Å². The number of nitrogens with one attached hydrogen (secondary N) is 1. The van der Waals surface area contributed by atoms with E-state index in [1.54, 1.807) is 0 Å². The third-order valence-corrected chi connectivity index (χ3v) is 2.16. The van der Waals surface area contributed by atoms with Crippen molar-refractivity contribution in [3.63, 3.8) is 0 Å². The molecule has 1 unspecified atom stereocenters. The number of carboxylic acids is 2. The topological polar surface area (TPSA) is 122 Å². The summed E-state index contributed by atoms with van der Waals surface area (Å²) in [5.41, 5.74) is 0. The van der Waals surface area contributed by atoms with Gasteiger partial charge in [-0.1, -0.05) is 0 Å². The summed E-state index contributed by atoms with van der Waals surface area (Å²) in [5, 5.41) is 19.5. The normalized spacial score (nSPS) is 23.3. The number of carboxylic acid groups (broad SMARTS) is 2. The molecule has 0 radical (unpaired) electrons. The molecule has 0 aromatic carbocycles. The van der Waals surface area contributed by atoms with Crippen LogP contribution in [0.5, 0.6) is 0 Å². The first-order valence-corrected chi connectivity index (χ1v) is 4.94. The van der Waals surface area contributed by atoms with Crippen molar-refractivity contribution in [3.8, 4) is 0 Å². The molecule has 0 aliphatic carbocycles. The lowest BCUT2D eigenvalue weighted by Gasteiger charge is -2.09. The average Bonchev–Trinajstić information content (AvgIpc) is 2.71. The molecule has 8 nitrogen and oxygen atoms in total. The summed E-state index contributed by atoms with van der Waals surface area (Å²) in [7, 11) is 0. The maximum Gasteiger partial charge on any atom is 0.341 e. The lowest BCUT2D eigenvalue weighted by atomic mass is 10.2. The van der Waals surface area contributed by atoms with Crippen LogP contribution in [0.1, 0.15) is 6.42 Å². The third-order valence-electron chi connectivity index (χ3n) is 2.16. The summed E-state index contributed by atoms with van der Waals surface area (Å²) in [4.78, 5) is 31.7. The highest BCUT2D eigenvalue weighted by molar-refractivity contribution is 5.79. The molecular weight excluding hydrogens is 234 g/mol. The minimum atomic E-state index is -1.23. The fourth-order valence-corrected chi connectivity index (χ4v) is 1.43. The fraction of sp³-hybridized carbons (Fsp3) is 0.667. The predicted molar refractivity (Wildman–Crippen MR) is 52.4 cm³/mol. The number of esters is 1. The molecule has 1 aliphatic heterocycles. The molecule has 0 aromatic heterocycles. The predicted octanol–water partition coefficient (Wildman–Crippen LogP) is -1.55. The molecule has 0 spiro atoms. The quantitative estimate of drug-likeness (QED) is 0.482. The zero-order chi connectivity index (χ0) is 12.8. The summed E-state index contributed by atoms with van der Waals surface area (Å²) < 4.78 is 9.47. The Balaban J connectivity index is 2.26. The number of aliphatic carboxylic acids is 2. The molecule has 1 heterocycles. The van der Waals surface area contributed by atoms with Gasteiger partial charge < -0.3 is 25.0 Å². The second kappa shape index (κ2) is 6.16. The van der Waals surface area contributed by atoms with Crippen molar-refractivity contribution in [2.75, 3.05) is 19.8 Å². The Morgan fingerprint density at radius 2 is 1.82 bits per heavy atom. The van der Waals surface area contributed by atoms with Crippen LogP contribution in [0, 0.1) is 0 Å². The summed E-state index contributed by atoms with van der Waals surface area (Å²) >= 11 is 0. The van der Waals surface area contributed by atoms with Gasteiger partial charge >= 0.3 is 17.9 Å². The van der Waals surface area contributed by atoms with E-state index in [2.05, 4.69) is 10.1 Å². The van der Waals surface area contributed by atoms with Crippen LogP contribution in [-0.4, -0.2) is 60.0 Å². The Kier molecular flexibility index (Phi) is 4.85. The van der Waals surface area contributed by atoms with Crippen LogP contribution in [0.15, 0.2) is 0 Å². The number of rotatable bonds is 6. The smallest absolute Gasteiger partial charge is 0.341 e. The molecule has 0 aromatic rings. The molecule has 2 atom stereocenters. The molecule has 96 valence electrons. The van der Waals surface area contributed by atoms with Gasteiger partial charge in [0.15, 0.2) is 6.61 Å². The number of carbonyl (C=O) groups is 3. The van der Waals surface area contributed by atoms with Crippen LogP contribution in [0.25, 0.3) is 0 Å². The fourth-order valence-electron chi connectivity index (χ4n) is 1.43. The molecule has 1 aliphatic rings. The molecule has 1 saturated heterocycles. The largest absolute Gasteiger partial charge is 0.480 e. The van der Waals surface area contributed by atoms with Gasteiger partial charge in [0.25, 0.3) is 0 Å². The van der Waals surface area contributed by atoms with Crippen molar-refractivity contribution in [3.05, 3.63) is 0 Å². The third kappa shape index (κ3) is 4.79. The first kappa shape index (κ1) is 13.4. The van der Waals surface area contributed by atoms with Crippen molar-refractivity contribution < 1.29 is 34.1 Å². The van der Waals surface area contributed by atoms with Crippen LogP contribution < -0.4 is 5.32 Å². The van der Waals surface area contributed by atoms with Gasteiger partial charge in [0.1, 0.15) is 12.6 Å². The molecule has 8 heteroatoms. The lowest BCUT2D eigenvalue weighted by molar-refractivity contribution is -0.156. The van der Waals surface area contributed by atoms with Crippen molar-refractivity contribution in [2.24, 2.45) is 0 Å². The summed E-state index contributed by atoms with van der Waals surface area (Å²) in [5.74, 6) is -2.98. The van der Waals surface area contributed by atoms with Crippen LogP contribution in [0.4, 0.5) is 0 Å². The Morgan fingerprint density at radius 3 is 2.41 bits per heavy atom. The molecule has 1 rings (SSSR count). The van der Waals surface area contributed by atoms with E-state index in [1.807, 2.05) is 0 Å². The van der Waals surface area contributed by atoms with Crippen molar-refractivity contribution >= 4 is 17.9 Å². The van der Waals surface area contributed by atoms with E-state index in [0.29, 0.717) is 6.54 Å². The first-order chi connectivity index (χ1) is 7.99. The highest BCUT2D eigenvalue weighted by Crippen LogP contribution is 2.11. The van der Waals surface area contributed by atoms with Crippen molar-refractivity contribution in [1.29, 1.82) is 0 Å². The Morgan fingerprint density at radius 1 is 1.18 bits per heavy atom. The van der Waals surface area contributed by atoms with E-state index in [9.17, 15) is 14.4 Å². The van der Waals surface area contributed by atoms with Crippen LogP contribution in [0.2, 0.25) is 0 Å². The van der Waals surface area contributed by atoms with Gasteiger partial charge in [0.2, 0.25) is 0 Å². The van der Waals surface area contributed by atoms with Gasteiger partial charge in [-0.3, -0.25) is 4.79 Å². The van der Waals surface area contributed by atoms with Gasteiger partial charge in [0, 0.05) is 13.0 Å². The molecule has 0 bridgehead atoms. The highest BCUT2D eigenvalue weighted by Gasteiger charge is 2.31. The van der Waals surface area contributed by atoms with E-state index < -0.39 is 37.2 Å². The Labute approximate surface area is 96.5 Å². The Hall–Kier alpha value is -1.67. The SMILES string of the molecule is O=C(O)COC(=O)[C@@H]1CC(OCC(=O)O)CN1. The maximum absolute atomic E-state index is 11.3. The highest BCUT2D eigenvalue weighted by atomic mass is 16.6. The summed E-state index contributed by atoms with van der Waals surface area (Å²) in [6.45, 7) is -0.777. The molecule has 3 N–H and O–H groups in total. The van der Waals surface area contributed by atoms with Crippen LogP contribution >= 0.6 is 0 Å². The Bertz CT molecular complexity index is 316. The van der Waals surface area contributed by atoms with Gasteiger partial charge in [-0.25, -0.2) is 9.59 Å². The molecule has 1 fully saturated rings. The molecule has 0 amide bonds. The van der Waals surface area contributed by atoms with Crippen LogP contribution in [0.3, 0.4) is 0 Å². The van der Waals surface area contributed by atoms with E-state index >= 15 is 0 Å². The molecule has 17 heavy (non-hydrogen) atoms. The van der Waals surface area contributed by atoms with Crippen molar-refractivity contribution in [1.82, 2.24) is 5.32 Å². The van der Waals surface area contributed by atoms with Crippen LogP contribution in [-0.2, 0) is 23.9 Å². The second-order valence-electron chi connectivity index (χ2n) is 3.52. The zero-order valence-corrected chi connectivity index (χ0v) is 8.92. The van der Waals surface area contributed by atoms with Gasteiger partial charge in [-0.2, -0.15) is 0 Å². The number of ether oxygens (including phenoxy) is 2. The summed E-state index contributed by atoms with van der Waals surface area (Å²) in [6.07, 6.45) is -0.111. The van der Waals surface area contributed by atoms with Gasteiger partial charge in [0.05, 0.1) is 6.10 Å². The van der Waals surface area contributed by atoms with Gasteiger partial charge in [-0.05, 0) is 0 Å². The summed E-state index contributed by atoms with van der Waals surface area (Å²) in [6, 6.07) is -0.645. The van der Waals surface area contributed by atoms with E-state index in [-0.39, 0.29) is 12.5 Å². The standard InChI is InChI=1S/C9H13NO7/c11-7(12)3-16-5-1-6(10-2-5)9(15)17-4-8(13)14/h5-6,10H,1-4H2,(H,11,12)(H,13,14)/t5?,6-/m0/s1.